The van der Waals surface area contributed by atoms with Crippen molar-refractivity contribution >= 4 is 0 Å². The first kappa shape index (κ1) is 10.9. The maximum absolute atomic E-state index is 12.1. The molecule has 0 aliphatic rings. The van der Waals surface area contributed by atoms with Crippen LogP contribution in [0.5, 0.6) is 0 Å². The molecule has 0 aliphatic heterocycles. The van der Waals surface area contributed by atoms with E-state index in [2.05, 4.69) is 4.98 Å². The van der Waals surface area contributed by atoms with Gasteiger partial charge in [-0.25, -0.2) is 0 Å². The predicted octanol–water partition coefficient (Wildman–Crippen LogP) is 1.09. The topological polar surface area (TPSA) is 59.1 Å². The highest BCUT2D eigenvalue weighted by Crippen LogP contribution is 2.28. The lowest BCUT2D eigenvalue weighted by atomic mass is 10.2. The minimum Gasteiger partial charge on any atom is -0.385 e. The summed E-state index contributed by atoms with van der Waals surface area (Å²) in [5.74, 6) is 0. The van der Waals surface area contributed by atoms with E-state index in [1.807, 2.05) is 0 Å². The molecule has 1 atom stereocenters. The zero-order valence-corrected chi connectivity index (χ0v) is 7.12. The lowest BCUT2D eigenvalue weighted by molar-refractivity contribution is -0.137. The summed E-state index contributed by atoms with van der Waals surface area (Å²) in [4.78, 5) is 3.47. The Hall–Kier alpha value is -1.14. The van der Waals surface area contributed by atoms with Crippen LogP contribution in [0.15, 0.2) is 18.3 Å². The van der Waals surface area contributed by atoms with Gasteiger partial charge in [-0.3, -0.25) is 4.98 Å². The number of hydrogen-bond acceptors (Lipinski definition) is 3. The van der Waals surface area contributed by atoms with Crippen LogP contribution >= 0.6 is 0 Å². The Morgan fingerprint density at radius 1 is 1.43 bits per heavy atom. The van der Waals surface area contributed by atoms with Crippen LogP contribution in [-0.4, -0.2) is 16.6 Å². The summed E-state index contributed by atoms with van der Waals surface area (Å²) in [6, 6.07) is 1.97. The first-order valence-electron chi connectivity index (χ1n) is 3.86. The van der Waals surface area contributed by atoms with E-state index in [-0.39, 0.29) is 12.2 Å². The Morgan fingerprint density at radius 2 is 2.07 bits per heavy atom. The largest absolute Gasteiger partial charge is 0.417 e. The highest BCUT2D eigenvalue weighted by Gasteiger charge is 2.30. The van der Waals surface area contributed by atoms with Gasteiger partial charge in [0.05, 0.1) is 11.3 Å². The Bertz CT molecular complexity index is 296. The quantitative estimate of drug-likeness (QED) is 0.761. The zero-order valence-electron chi connectivity index (χ0n) is 7.12. The third kappa shape index (κ3) is 2.43. The summed E-state index contributed by atoms with van der Waals surface area (Å²) in [5, 5.41) is 9.15. The molecule has 0 aromatic carbocycles. The van der Waals surface area contributed by atoms with Gasteiger partial charge in [0.1, 0.15) is 6.10 Å². The van der Waals surface area contributed by atoms with Gasteiger partial charge in [0.2, 0.25) is 0 Å². The van der Waals surface area contributed by atoms with E-state index in [0.29, 0.717) is 6.20 Å². The van der Waals surface area contributed by atoms with Crippen LogP contribution < -0.4 is 5.73 Å². The normalized spacial score (nSPS) is 14.1. The van der Waals surface area contributed by atoms with Gasteiger partial charge in [0.15, 0.2) is 0 Å². The van der Waals surface area contributed by atoms with Crippen LogP contribution in [0.4, 0.5) is 13.2 Å². The second-order valence-electron chi connectivity index (χ2n) is 2.72. The molecule has 0 fully saturated rings. The van der Waals surface area contributed by atoms with E-state index in [1.165, 1.54) is 0 Å². The monoisotopic (exact) mass is 206 g/mol. The second-order valence-corrected chi connectivity index (χ2v) is 2.72. The lowest BCUT2D eigenvalue weighted by Crippen LogP contribution is -2.14. The summed E-state index contributed by atoms with van der Waals surface area (Å²) in [7, 11) is 0. The molecule has 6 heteroatoms. The van der Waals surface area contributed by atoms with E-state index in [0.717, 1.165) is 12.1 Å². The number of aliphatic hydroxyl groups is 1. The number of aromatic nitrogens is 1. The molecule has 0 radical (unpaired) electrons. The standard InChI is InChI=1S/C8H9F3N2O/c9-8(10,11)5-1-2-6(13-4-5)7(14)3-12/h1-2,4,7,14H,3,12H2/t7-/m1/s1. The summed E-state index contributed by atoms with van der Waals surface area (Å²) in [5.41, 5.74) is 4.41. The molecule has 0 saturated carbocycles. The second kappa shape index (κ2) is 3.93. The fourth-order valence-corrected chi connectivity index (χ4v) is 0.891. The average Bonchev–Trinajstić information content (AvgIpc) is 2.15. The van der Waals surface area contributed by atoms with Crippen LogP contribution in [0.25, 0.3) is 0 Å². The van der Waals surface area contributed by atoms with Crippen molar-refractivity contribution in [2.24, 2.45) is 5.73 Å². The van der Waals surface area contributed by atoms with Gasteiger partial charge < -0.3 is 10.8 Å². The fraction of sp³-hybridized carbons (Fsp3) is 0.375. The van der Waals surface area contributed by atoms with Crippen LogP contribution in [-0.2, 0) is 6.18 Å². The van der Waals surface area contributed by atoms with Crippen molar-refractivity contribution in [3.8, 4) is 0 Å². The van der Waals surface area contributed by atoms with Crippen LogP contribution in [0.3, 0.4) is 0 Å². The molecule has 3 N–H and O–H groups in total. The van der Waals surface area contributed by atoms with Crippen molar-refractivity contribution < 1.29 is 18.3 Å². The third-order valence-corrected chi connectivity index (χ3v) is 1.68. The van der Waals surface area contributed by atoms with E-state index < -0.39 is 17.8 Å². The van der Waals surface area contributed by atoms with E-state index >= 15 is 0 Å². The number of pyridine rings is 1. The molecule has 1 aromatic heterocycles. The molecule has 3 nitrogen and oxygen atoms in total. The molecular weight excluding hydrogens is 197 g/mol. The zero-order chi connectivity index (χ0) is 10.8. The average molecular weight is 206 g/mol. The van der Waals surface area contributed by atoms with E-state index in [1.54, 1.807) is 0 Å². The molecule has 0 saturated heterocycles. The first-order chi connectivity index (χ1) is 6.45. The summed E-state index contributed by atoms with van der Waals surface area (Å²) >= 11 is 0. The molecule has 1 rings (SSSR count). The Labute approximate surface area is 78.4 Å². The van der Waals surface area contributed by atoms with E-state index in [9.17, 15) is 13.2 Å². The van der Waals surface area contributed by atoms with Crippen LogP contribution in [0.1, 0.15) is 17.4 Å². The molecule has 0 unspecified atom stereocenters. The van der Waals surface area contributed by atoms with Gasteiger partial charge in [-0.1, -0.05) is 0 Å². The number of rotatable bonds is 2. The fourth-order valence-electron chi connectivity index (χ4n) is 0.891. The molecule has 1 heterocycles. The van der Waals surface area contributed by atoms with Gasteiger partial charge >= 0.3 is 6.18 Å². The van der Waals surface area contributed by atoms with Crippen molar-refractivity contribution in [2.75, 3.05) is 6.54 Å². The molecule has 0 aliphatic carbocycles. The van der Waals surface area contributed by atoms with Gasteiger partial charge in [-0.05, 0) is 12.1 Å². The number of halogens is 3. The van der Waals surface area contributed by atoms with Gasteiger partial charge in [0.25, 0.3) is 0 Å². The van der Waals surface area contributed by atoms with Crippen molar-refractivity contribution in [1.82, 2.24) is 4.98 Å². The summed E-state index contributed by atoms with van der Waals surface area (Å²) in [6.07, 6.45) is -4.75. The lowest BCUT2D eigenvalue weighted by Gasteiger charge is -2.09. The maximum Gasteiger partial charge on any atom is 0.417 e. The highest BCUT2D eigenvalue weighted by molar-refractivity contribution is 5.18. The molecule has 1 aromatic rings. The van der Waals surface area contributed by atoms with Crippen LogP contribution in [0, 0.1) is 0 Å². The molecule has 0 spiro atoms. The molecule has 14 heavy (non-hydrogen) atoms. The van der Waals surface area contributed by atoms with Gasteiger partial charge in [0, 0.05) is 12.7 Å². The summed E-state index contributed by atoms with van der Waals surface area (Å²) in [6.45, 7) is -0.0711. The van der Waals surface area contributed by atoms with Gasteiger partial charge in [-0.2, -0.15) is 13.2 Å². The molecular formula is C8H9F3N2O. The molecule has 0 bridgehead atoms. The number of nitrogens with two attached hydrogens (primary N) is 1. The first-order valence-corrected chi connectivity index (χ1v) is 3.86. The minimum atomic E-state index is -4.40. The highest BCUT2D eigenvalue weighted by atomic mass is 19.4. The molecule has 78 valence electrons. The number of hydrogen-bond donors (Lipinski definition) is 2. The number of alkyl halides is 3. The van der Waals surface area contributed by atoms with Crippen molar-refractivity contribution in [2.45, 2.75) is 12.3 Å². The minimum absolute atomic E-state index is 0.0711. The summed E-state index contributed by atoms with van der Waals surface area (Å²) < 4.78 is 36.2. The number of aliphatic hydroxyl groups excluding tert-OH is 1. The predicted molar refractivity (Wildman–Crippen MR) is 43.3 cm³/mol. The molecule has 0 amide bonds. The van der Waals surface area contributed by atoms with Crippen molar-refractivity contribution in [1.29, 1.82) is 0 Å². The van der Waals surface area contributed by atoms with Crippen molar-refractivity contribution in [3.05, 3.63) is 29.6 Å². The number of nitrogens with zero attached hydrogens (tertiary/aromatic N) is 1. The Morgan fingerprint density at radius 3 is 2.43 bits per heavy atom. The van der Waals surface area contributed by atoms with E-state index in [4.69, 9.17) is 10.8 Å². The van der Waals surface area contributed by atoms with Crippen molar-refractivity contribution in [3.63, 3.8) is 0 Å². The SMILES string of the molecule is NC[C@@H](O)c1ccc(C(F)(F)F)cn1. The Balaban J connectivity index is 2.89. The maximum atomic E-state index is 12.1. The van der Waals surface area contributed by atoms with Gasteiger partial charge in [-0.15, -0.1) is 0 Å². The smallest absolute Gasteiger partial charge is 0.385 e. The van der Waals surface area contributed by atoms with Crippen LogP contribution in [0.2, 0.25) is 0 Å². The third-order valence-electron chi connectivity index (χ3n) is 1.68. The Kier molecular flexibility index (Phi) is 3.07.